The van der Waals surface area contributed by atoms with Crippen molar-refractivity contribution in [1.29, 1.82) is 0 Å². The second kappa shape index (κ2) is 5.21. The van der Waals surface area contributed by atoms with Gasteiger partial charge in [0.2, 0.25) is 0 Å². The highest BCUT2D eigenvalue weighted by Gasteiger charge is 2.46. The lowest BCUT2D eigenvalue weighted by Gasteiger charge is -2.51. The molecule has 1 aliphatic carbocycles. The second-order valence-corrected chi connectivity index (χ2v) is 7.05. The summed E-state index contributed by atoms with van der Waals surface area (Å²) in [4.78, 5) is 6.50. The Morgan fingerprint density at radius 2 is 1.87 bits per heavy atom. The normalized spacial score (nSPS) is 27.0. The van der Waals surface area contributed by atoms with Crippen LogP contribution in [-0.2, 0) is 6.18 Å². The Labute approximate surface area is 135 Å². The highest BCUT2D eigenvalue weighted by atomic mass is 32.1. The van der Waals surface area contributed by atoms with Crippen molar-refractivity contribution >= 4 is 16.5 Å². The quantitative estimate of drug-likeness (QED) is 0.907. The summed E-state index contributed by atoms with van der Waals surface area (Å²) in [7, 11) is 0. The third-order valence-electron chi connectivity index (χ3n) is 4.75. The van der Waals surface area contributed by atoms with E-state index >= 15 is 0 Å². The van der Waals surface area contributed by atoms with Gasteiger partial charge in [0.1, 0.15) is 0 Å². The van der Waals surface area contributed by atoms with Gasteiger partial charge in [0.05, 0.1) is 17.4 Å². The van der Waals surface area contributed by atoms with Crippen molar-refractivity contribution in [3.05, 3.63) is 35.2 Å². The molecule has 122 valence electrons. The Hall–Kier alpha value is -1.60. The van der Waals surface area contributed by atoms with E-state index in [4.69, 9.17) is 0 Å². The molecule has 2 unspecified atom stereocenters. The predicted molar refractivity (Wildman–Crippen MR) is 82.4 cm³/mol. The minimum absolute atomic E-state index is 0.115. The first-order valence-corrected chi connectivity index (χ1v) is 8.36. The molecule has 0 amide bonds. The van der Waals surface area contributed by atoms with Crippen LogP contribution in [0, 0.1) is 11.8 Å². The predicted octanol–water partition coefficient (Wildman–Crippen LogP) is 3.65. The standard InChI is InChI=1S/C16H15F3N2OS/c17-16(18,19)12-4-2-1-3-11(12)13-8-23-15(20-13)21-6-9-5-10(7-21)14(9)22/h1-4,8-10,14,22H,5-7H2. The zero-order valence-electron chi connectivity index (χ0n) is 12.1. The number of nitrogens with zero attached hydrogens (tertiary/aromatic N) is 2. The number of aliphatic hydroxyl groups is 1. The van der Waals surface area contributed by atoms with Crippen LogP contribution in [0.15, 0.2) is 29.6 Å². The number of hydrogen-bond donors (Lipinski definition) is 1. The molecule has 2 saturated heterocycles. The SMILES string of the molecule is OC1C2CC1CN(c1nc(-c3ccccc3C(F)(F)F)cs1)C2. The largest absolute Gasteiger partial charge is 0.417 e. The first-order valence-electron chi connectivity index (χ1n) is 7.48. The summed E-state index contributed by atoms with van der Waals surface area (Å²) in [5.74, 6) is 0.534. The summed E-state index contributed by atoms with van der Waals surface area (Å²) in [5, 5.41) is 12.2. The molecule has 2 atom stereocenters. The molecule has 7 heteroatoms. The van der Waals surface area contributed by atoms with Gasteiger partial charge in [-0.25, -0.2) is 4.98 Å². The van der Waals surface area contributed by atoms with Crippen LogP contribution in [0.3, 0.4) is 0 Å². The summed E-state index contributed by atoms with van der Waals surface area (Å²) in [6, 6.07) is 5.52. The first kappa shape index (κ1) is 15.0. The molecule has 0 radical (unpaired) electrons. The average molecular weight is 340 g/mol. The fraction of sp³-hybridized carbons (Fsp3) is 0.438. The van der Waals surface area contributed by atoms with Gasteiger partial charge in [-0.15, -0.1) is 11.3 Å². The van der Waals surface area contributed by atoms with Crippen LogP contribution in [0.25, 0.3) is 11.3 Å². The summed E-state index contributed by atoms with van der Waals surface area (Å²) >= 11 is 1.36. The van der Waals surface area contributed by atoms with E-state index in [1.165, 1.54) is 23.5 Å². The summed E-state index contributed by atoms with van der Waals surface area (Å²) in [6.07, 6.45) is -3.58. The fourth-order valence-electron chi connectivity index (χ4n) is 3.51. The molecular weight excluding hydrogens is 325 g/mol. The van der Waals surface area contributed by atoms with Crippen LogP contribution in [-0.4, -0.2) is 29.3 Å². The second-order valence-electron chi connectivity index (χ2n) is 6.21. The van der Waals surface area contributed by atoms with Gasteiger partial charge in [0.25, 0.3) is 0 Å². The minimum atomic E-state index is -4.39. The Morgan fingerprint density at radius 1 is 1.17 bits per heavy atom. The molecule has 3 nitrogen and oxygen atoms in total. The molecule has 3 aliphatic rings. The van der Waals surface area contributed by atoms with Crippen LogP contribution >= 0.6 is 11.3 Å². The van der Waals surface area contributed by atoms with E-state index in [0.717, 1.165) is 30.7 Å². The zero-order valence-corrected chi connectivity index (χ0v) is 12.9. The summed E-state index contributed by atoms with van der Waals surface area (Å²) < 4.78 is 39.4. The van der Waals surface area contributed by atoms with Crippen LogP contribution in [0.2, 0.25) is 0 Å². The molecule has 0 spiro atoms. The Balaban J connectivity index is 1.62. The van der Waals surface area contributed by atoms with E-state index in [-0.39, 0.29) is 23.5 Å². The molecular formula is C16H15F3N2OS. The topological polar surface area (TPSA) is 36.4 Å². The Kier molecular flexibility index (Phi) is 3.39. The molecule has 1 saturated carbocycles. The van der Waals surface area contributed by atoms with E-state index < -0.39 is 11.7 Å². The van der Waals surface area contributed by atoms with E-state index in [1.54, 1.807) is 11.4 Å². The van der Waals surface area contributed by atoms with Crippen molar-refractivity contribution in [2.45, 2.75) is 18.7 Å². The van der Waals surface area contributed by atoms with Gasteiger partial charge in [0, 0.05) is 35.9 Å². The van der Waals surface area contributed by atoms with Gasteiger partial charge in [-0.3, -0.25) is 0 Å². The minimum Gasteiger partial charge on any atom is -0.392 e. The van der Waals surface area contributed by atoms with Gasteiger partial charge in [-0.2, -0.15) is 13.2 Å². The molecule has 2 aromatic rings. The van der Waals surface area contributed by atoms with Crippen LogP contribution in [0.5, 0.6) is 0 Å². The number of thiazole rings is 1. The number of hydrogen-bond acceptors (Lipinski definition) is 4. The number of halogens is 3. The molecule has 1 aromatic carbocycles. The molecule has 2 bridgehead atoms. The number of benzene rings is 1. The lowest BCUT2D eigenvalue weighted by molar-refractivity contribution is -0.137. The van der Waals surface area contributed by atoms with Crippen molar-refractivity contribution in [2.24, 2.45) is 11.8 Å². The number of aliphatic hydroxyl groups excluding tert-OH is 1. The highest BCUT2D eigenvalue weighted by molar-refractivity contribution is 7.14. The fourth-order valence-corrected chi connectivity index (χ4v) is 4.35. The van der Waals surface area contributed by atoms with Gasteiger partial charge in [-0.05, 0) is 12.5 Å². The maximum atomic E-state index is 13.1. The van der Waals surface area contributed by atoms with Crippen LogP contribution in [0.1, 0.15) is 12.0 Å². The molecule has 5 rings (SSSR count). The molecule has 1 N–H and O–H groups in total. The van der Waals surface area contributed by atoms with Gasteiger partial charge < -0.3 is 10.0 Å². The zero-order chi connectivity index (χ0) is 16.2. The van der Waals surface area contributed by atoms with Gasteiger partial charge in [0.15, 0.2) is 5.13 Å². The third-order valence-corrected chi connectivity index (χ3v) is 5.65. The first-order chi connectivity index (χ1) is 10.9. The van der Waals surface area contributed by atoms with Crippen molar-refractivity contribution in [1.82, 2.24) is 4.98 Å². The lowest BCUT2D eigenvalue weighted by atomic mass is 9.68. The summed E-state index contributed by atoms with van der Waals surface area (Å²) in [6.45, 7) is 1.46. The lowest BCUT2D eigenvalue weighted by Crippen LogP contribution is -2.58. The van der Waals surface area contributed by atoms with Crippen LogP contribution < -0.4 is 4.90 Å². The van der Waals surface area contributed by atoms with Crippen molar-refractivity contribution < 1.29 is 18.3 Å². The number of rotatable bonds is 2. The highest BCUT2D eigenvalue weighted by Crippen LogP contribution is 2.43. The Morgan fingerprint density at radius 3 is 2.52 bits per heavy atom. The van der Waals surface area contributed by atoms with Gasteiger partial charge >= 0.3 is 6.18 Å². The monoisotopic (exact) mass is 340 g/mol. The van der Waals surface area contributed by atoms with Crippen LogP contribution in [0.4, 0.5) is 18.3 Å². The van der Waals surface area contributed by atoms with Crippen molar-refractivity contribution in [3.63, 3.8) is 0 Å². The van der Waals surface area contributed by atoms with Crippen molar-refractivity contribution in [3.8, 4) is 11.3 Å². The molecule has 3 heterocycles. The number of fused-ring (bicyclic) bond motifs is 2. The molecule has 2 aliphatic heterocycles. The molecule has 3 fully saturated rings. The third kappa shape index (κ3) is 2.52. The molecule has 1 aromatic heterocycles. The van der Waals surface area contributed by atoms with E-state index in [2.05, 4.69) is 9.88 Å². The number of anilines is 1. The number of alkyl halides is 3. The van der Waals surface area contributed by atoms with E-state index in [1.807, 2.05) is 0 Å². The summed E-state index contributed by atoms with van der Waals surface area (Å²) in [5.41, 5.74) is -0.184. The average Bonchev–Trinajstić information content (AvgIpc) is 3.03. The van der Waals surface area contributed by atoms with E-state index in [9.17, 15) is 18.3 Å². The maximum absolute atomic E-state index is 13.1. The van der Waals surface area contributed by atoms with Gasteiger partial charge in [-0.1, -0.05) is 18.2 Å². The number of piperidine rings is 2. The molecule has 23 heavy (non-hydrogen) atoms. The smallest absolute Gasteiger partial charge is 0.392 e. The van der Waals surface area contributed by atoms with E-state index in [0.29, 0.717) is 5.69 Å². The number of aromatic nitrogens is 1. The Bertz CT molecular complexity index is 718. The maximum Gasteiger partial charge on any atom is 0.417 e. The van der Waals surface area contributed by atoms with Crippen molar-refractivity contribution in [2.75, 3.05) is 18.0 Å².